The van der Waals surface area contributed by atoms with Crippen molar-refractivity contribution in [2.75, 3.05) is 0 Å². The van der Waals surface area contributed by atoms with Crippen LogP contribution in [0.3, 0.4) is 0 Å². The molecule has 0 N–H and O–H groups in total. The molecular weight excluding hydrogens is 146 g/mol. The van der Waals surface area contributed by atoms with Gasteiger partial charge in [-0.2, -0.15) is 5.26 Å². The lowest BCUT2D eigenvalue weighted by molar-refractivity contribution is 1.38. The number of aryl methyl sites for hydroxylation is 1. The van der Waals surface area contributed by atoms with E-state index >= 15 is 0 Å². The van der Waals surface area contributed by atoms with Crippen molar-refractivity contribution >= 4 is 5.57 Å². The van der Waals surface area contributed by atoms with Crippen molar-refractivity contribution in [3.8, 4) is 6.07 Å². The predicted molar refractivity (Wildman–Crippen MR) is 50.6 cm³/mol. The van der Waals surface area contributed by atoms with E-state index in [2.05, 4.69) is 12.6 Å². The highest BCUT2D eigenvalue weighted by molar-refractivity contribution is 5.65. The third-order valence-electron chi connectivity index (χ3n) is 1.82. The van der Waals surface area contributed by atoms with Crippen LogP contribution in [0.15, 0.2) is 24.8 Å². The van der Waals surface area contributed by atoms with Gasteiger partial charge in [-0.25, -0.2) is 0 Å². The van der Waals surface area contributed by atoms with Crippen LogP contribution >= 0.6 is 0 Å². The van der Waals surface area contributed by atoms with E-state index in [1.165, 1.54) is 0 Å². The minimum absolute atomic E-state index is 0.706. The highest BCUT2D eigenvalue weighted by Crippen LogP contribution is 2.17. The van der Waals surface area contributed by atoms with E-state index in [9.17, 15) is 0 Å². The molecule has 0 aliphatic rings. The van der Waals surface area contributed by atoms with E-state index in [1.807, 2.05) is 32.0 Å². The van der Waals surface area contributed by atoms with E-state index < -0.39 is 0 Å². The van der Waals surface area contributed by atoms with Gasteiger partial charge >= 0.3 is 0 Å². The van der Waals surface area contributed by atoms with E-state index in [0.717, 1.165) is 16.7 Å². The monoisotopic (exact) mass is 157 g/mol. The zero-order valence-corrected chi connectivity index (χ0v) is 7.39. The minimum atomic E-state index is 0.706. The van der Waals surface area contributed by atoms with E-state index in [1.54, 1.807) is 0 Å². The standard InChI is InChI=1S/C11H11N/c1-8(2)11-5-4-10(7-12)6-9(11)3/h4-6H,1H2,2-3H3. The Morgan fingerprint density at radius 2 is 2.17 bits per heavy atom. The molecule has 0 aromatic heterocycles. The fourth-order valence-corrected chi connectivity index (χ4v) is 1.21. The molecule has 60 valence electrons. The smallest absolute Gasteiger partial charge is 0.0991 e. The predicted octanol–water partition coefficient (Wildman–Crippen LogP) is 2.90. The van der Waals surface area contributed by atoms with Gasteiger partial charge in [-0.15, -0.1) is 0 Å². The molecule has 0 unspecified atom stereocenters. The molecule has 0 aliphatic carbocycles. The number of benzene rings is 1. The average Bonchev–Trinajstić information content (AvgIpc) is 2.03. The zero-order chi connectivity index (χ0) is 9.14. The topological polar surface area (TPSA) is 23.8 Å². The summed E-state index contributed by atoms with van der Waals surface area (Å²) < 4.78 is 0. The summed E-state index contributed by atoms with van der Waals surface area (Å²) in [5, 5.41) is 8.62. The van der Waals surface area contributed by atoms with Crippen molar-refractivity contribution in [1.82, 2.24) is 0 Å². The van der Waals surface area contributed by atoms with Gasteiger partial charge in [-0.3, -0.25) is 0 Å². The van der Waals surface area contributed by atoms with Crippen molar-refractivity contribution in [2.45, 2.75) is 13.8 Å². The fourth-order valence-electron chi connectivity index (χ4n) is 1.21. The van der Waals surface area contributed by atoms with Crippen LogP contribution in [0.2, 0.25) is 0 Å². The van der Waals surface area contributed by atoms with E-state index in [-0.39, 0.29) is 0 Å². The lowest BCUT2D eigenvalue weighted by atomic mass is 10.0. The molecule has 0 saturated carbocycles. The van der Waals surface area contributed by atoms with Gasteiger partial charge in [0.2, 0.25) is 0 Å². The number of hydrogen-bond donors (Lipinski definition) is 0. The Kier molecular flexibility index (Phi) is 2.30. The summed E-state index contributed by atoms with van der Waals surface area (Å²) in [4.78, 5) is 0. The lowest BCUT2D eigenvalue weighted by Crippen LogP contribution is -1.85. The summed E-state index contributed by atoms with van der Waals surface area (Å²) in [7, 11) is 0. The van der Waals surface area contributed by atoms with Crippen LogP contribution < -0.4 is 0 Å². The minimum Gasteiger partial charge on any atom is -0.192 e. The molecule has 0 atom stereocenters. The molecule has 1 aromatic carbocycles. The molecule has 0 heterocycles. The summed E-state index contributed by atoms with van der Waals surface area (Å²) in [6.45, 7) is 7.82. The Bertz CT molecular complexity index is 356. The Morgan fingerprint density at radius 1 is 1.50 bits per heavy atom. The molecule has 1 rings (SSSR count). The van der Waals surface area contributed by atoms with Crippen LogP contribution in [0.1, 0.15) is 23.6 Å². The molecule has 0 spiro atoms. The summed E-state index contributed by atoms with van der Waals surface area (Å²) in [6, 6.07) is 7.74. The van der Waals surface area contributed by atoms with Crippen molar-refractivity contribution in [1.29, 1.82) is 5.26 Å². The van der Waals surface area contributed by atoms with E-state index in [0.29, 0.717) is 5.56 Å². The highest BCUT2D eigenvalue weighted by atomic mass is 14.2. The molecule has 1 nitrogen and oxygen atoms in total. The fraction of sp³-hybridized carbons (Fsp3) is 0.182. The number of allylic oxidation sites excluding steroid dienone is 1. The first-order chi connectivity index (χ1) is 5.65. The molecule has 0 aliphatic heterocycles. The molecular formula is C11H11N. The zero-order valence-electron chi connectivity index (χ0n) is 7.39. The van der Waals surface area contributed by atoms with Gasteiger partial charge < -0.3 is 0 Å². The Labute approximate surface area is 73.0 Å². The van der Waals surface area contributed by atoms with Gasteiger partial charge in [0.25, 0.3) is 0 Å². The van der Waals surface area contributed by atoms with Crippen LogP contribution in [-0.2, 0) is 0 Å². The Hall–Kier alpha value is -1.55. The third kappa shape index (κ3) is 1.54. The highest BCUT2D eigenvalue weighted by Gasteiger charge is 1.99. The van der Waals surface area contributed by atoms with Crippen LogP contribution in [-0.4, -0.2) is 0 Å². The van der Waals surface area contributed by atoms with Crippen LogP contribution in [0.25, 0.3) is 5.57 Å². The second-order valence-corrected chi connectivity index (χ2v) is 2.92. The Morgan fingerprint density at radius 3 is 2.58 bits per heavy atom. The average molecular weight is 157 g/mol. The quantitative estimate of drug-likeness (QED) is 0.615. The second kappa shape index (κ2) is 3.23. The van der Waals surface area contributed by atoms with Crippen LogP contribution in [0.4, 0.5) is 0 Å². The van der Waals surface area contributed by atoms with Gasteiger partial charge in [0, 0.05) is 0 Å². The SMILES string of the molecule is C=C(C)c1ccc(C#N)cc1C. The maximum atomic E-state index is 8.62. The molecule has 1 heteroatoms. The molecule has 12 heavy (non-hydrogen) atoms. The van der Waals surface area contributed by atoms with Gasteiger partial charge in [-0.05, 0) is 37.1 Å². The third-order valence-corrected chi connectivity index (χ3v) is 1.82. The van der Waals surface area contributed by atoms with Crippen molar-refractivity contribution in [3.05, 3.63) is 41.5 Å². The summed E-state index contributed by atoms with van der Waals surface area (Å²) in [5.74, 6) is 0. The van der Waals surface area contributed by atoms with Gasteiger partial charge in [0.1, 0.15) is 0 Å². The summed E-state index contributed by atoms with van der Waals surface area (Å²) in [6.07, 6.45) is 0. The molecule has 0 saturated heterocycles. The van der Waals surface area contributed by atoms with Gasteiger partial charge in [0.05, 0.1) is 11.6 Å². The van der Waals surface area contributed by atoms with E-state index in [4.69, 9.17) is 5.26 Å². The summed E-state index contributed by atoms with van der Waals surface area (Å²) in [5.41, 5.74) is 3.99. The molecule has 0 bridgehead atoms. The van der Waals surface area contributed by atoms with Crippen molar-refractivity contribution in [2.24, 2.45) is 0 Å². The van der Waals surface area contributed by atoms with Gasteiger partial charge in [-0.1, -0.05) is 18.2 Å². The first kappa shape index (κ1) is 8.55. The lowest BCUT2D eigenvalue weighted by Gasteiger charge is -2.03. The first-order valence-electron chi connectivity index (χ1n) is 3.82. The van der Waals surface area contributed by atoms with Crippen LogP contribution in [0, 0.1) is 18.3 Å². The number of nitrogens with zero attached hydrogens (tertiary/aromatic N) is 1. The normalized spacial score (nSPS) is 9.08. The maximum Gasteiger partial charge on any atom is 0.0991 e. The molecule has 0 fully saturated rings. The van der Waals surface area contributed by atoms with Crippen LogP contribution in [0.5, 0.6) is 0 Å². The first-order valence-corrected chi connectivity index (χ1v) is 3.82. The number of rotatable bonds is 1. The molecule has 0 amide bonds. The summed E-state index contributed by atoms with van der Waals surface area (Å²) >= 11 is 0. The Balaban J connectivity index is 3.23. The molecule has 1 aromatic rings. The number of nitriles is 1. The maximum absolute atomic E-state index is 8.62. The largest absolute Gasteiger partial charge is 0.192 e. The van der Waals surface area contributed by atoms with Crippen molar-refractivity contribution < 1.29 is 0 Å². The van der Waals surface area contributed by atoms with Crippen molar-refractivity contribution in [3.63, 3.8) is 0 Å². The van der Waals surface area contributed by atoms with Gasteiger partial charge in [0.15, 0.2) is 0 Å². The molecule has 0 radical (unpaired) electrons. The second-order valence-electron chi connectivity index (χ2n) is 2.92. The number of hydrogen-bond acceptors (Lipinski definition) is 1.